The molecule has 0 aliphatic heterocycles. The van der Waals surface area contributed by atoms with Gasteiger partial charge < -0.3 is 14.5 Å². The normalized spacial score (nSPS) is 11.1. The molecule has 0 spiro atoms. The first-order chi connectivity index (χ1) is 12.7. The van der Waals surface area contributed by atoms with E-state index in [1.54, 1.807) is 30.3 Å². The molecule has 0 fully saturated rings. The van der Waals surface area contributed by atoms with Crippen LogP contribution in [0.2, 0.25) is 0 Å². The molecule has 0 atom stereocenters. The fourth-order valence-corrected chi connectivity index (χ4v) is 3.28. The van der Waals surface area contributed by atoms with E-state index in [4.69, 9.17) is 9.52 Å². The van der Waals surface area contributed by atoms with Gasteiger partial charge in [0.15, 0.2) is 10.8 Å². The van der Waals surface area contributed by atoms with Crippen molar-refractivity contribution in [1.82, 2.24) is 19.7 Å². The number of anilines is 1. The fraction of sp³-hybridized carbons (Fsp3) is 0.125. The Balaban J connectivity index is 1.57. The highest BCUT2D eigenvalue weighted by Gasteiger charge is 2.14. The Hall–Kier alpha value is -3.24. The third-order valence-corrected chi connectivity index (χ3v) is 4.59. The van der Waals surface area contributed by atoms with Crippen LogP contribution in [0.25, 0.3) is 21.8 Å². The number of H-pyrrole nitrogens is 1. The number of rotatable bonds is 5. The minimum Gasteiger partial charge on any atom is -0.462 e. The van der Waals surface area contributed by atoms with Gasteiger partial charge in [0, 0.05) is 5.56 Å². The highest BCUT2D eigenvalue weighted by Crippen LogP contribution is 2.26. The molecule has 10 heteroatoms. The Kier molecular flexibility index (Phi) is 4.11. The quantitative estimate of drug-likeness (QED) is 0.490. The number of aromatic amines is 1. The summed E-state index contributed by atoms with van der Waals surface area (Å²) in [6.45, 7) is 0.0366. The Morgan fingerprint density at radius 1 is 1.35 bits per heavy atom. The summed E-state index contributed by atoms with van der Waals surface area (Å²) >= 11 is 1.19. The van der Waals surface area contributed by atoms with E-state index < -0.39 is 0 Å². The van der Waals surface area contributed by atoms with Gasteiger partial charge in [-0.1, -0.05) is 11.3 Å². The number of fused-ring (bicyclic) bond motifs is 1. The monoisotopic (exact) mass is 371 g/mol. The van der Waals surface area contributed by atoms with Crippen molar-refractivity contribution >= 4 is 33.4 Å². The molecule has 26 heavy (non-hydrogen) atoms. The molecule has 9 nitrogen and oxygen atoms in total. The van der Waals surface area contributed by atoms with E-state index >= 15 is 0 Å². The van der Waals surface area contributed by atoms with Crippen molar-refractivity contribution < 1.29 is 14.3 Å². The number of aromatic nitrogens is 4. The molecule has 0 aliphatic carbocycles. The molecule has 132 valence electrons. The number of nitrogens with one attached hydrogen (secondary N) is 2. The summed E-state index contributed by atoms with van der Waals surface area (Å²) in [5.74, 6) is 0.206. The lowest BCUT2D eigenvalue weighted by Gasteiger charge is -2.03. The Morgan fingerprint density at radius 3 is 3.00 bits per heavy atom. The molecule has 1 aromatic carbocycles. The van der Waals surface area contributed by atoms with Crippen LogP contribution >= 0.6 is 11.3 Å². The molecule has 0 saturated carbocycles. The Morgan fingerprint density at radius 2 is 2.23 bits per heavy atom. The topological polar surface area (TPSA) is 126 Å². The third-order valence-electron chi connectivity index (χ3n) is 3.74. The second-order valence-electron chi connectivity index (χ2n) is 5.38. The van der Waals surface area contributed by atoms with Gasteiger partial charge in [-0.3, -0.25) is 14.7 Å². The van der Waals surface area contributed by atoms with Crippen molar-refractivity contribution in [3.05, 3.63) is 52.6 Å². The lowest BCUT2D eigenvalue weighted by molar-refractivity contribution is 0.102. The molecule has 0 bridgehead atoms. The molecule has 4 rings (SSSR count). The third kappa shape index (κ3) is 2.91. The number of hydrogen-bond donors (Lipinski definition) is 3. The summed E-state index contributed by atoms with van der Waals surface area (Å²) in [6.07, 6.45) is 1.54. The van der Waals surface area contributed by atoms with Crippen LogP contribution in [0.5, 0.6) is 0 Å². The van der Waals surface area contributed by atoms with Gasteiger partial charge in [0.05, 0.1) is 30.4 Å². The summed E-state index contributed by atoms with van der Waals surface area (Å²) in [4.78, 5) is 27.0. The molecule has 3 N–H and O–H groups in total. The highest BCUT2D eigenvalue weighted by atomic mass is 32.1. The number of aliphatic hydroxyl groups excluding tert-OH is 1. The predicted octanol–water partition coefficient (Wildman–Crippen LogP) is 1.69. The smallest absolute Gasteiger partial charge is 0.326 e. The second kappa shape index (κ2) is 6.58. The summed E-state index contributed by atoms with van der Waals surface area (Å²) in [5, 5.41) is 20.5. The number of benzene rings is 1. The van der Waals surface area contributed by atoms with E-state index in [1.165, 1.54) is 22.2 Å². The zero-order valence-electron chi connectivity index (χ0n) is 13.3. The van der Waals surface area contributed by atoms with Crippen molar-refractivity contribution in [3.8, 4) is 10.8 Å². The highest BCUT2D eigenvalue weighted by molar-refractivity contribution is 7.18. The van der Waals surface area contributed by atoms with Gasteiger partial charge in [0.2, 0.25) is 5.13 Å². The van der Waals surface area contributed by atoms with Crippen molar-refractivity contribution in [2.45, 2.75) is 6.54 Å². The molecule has 3 aromatic heterocycles. The van der Waals surface area contributed by atoms with Gasteiger partial charge in [-0.15, -0.1) is 10.2 Å². The van der Waals surface area contributed by atoms with Crippen LogP contribution in [0, 0.1) is 0 Å². The number of carbonyl (C=O) groups is 1. The minimum atomic E-state index is -0.371. The molecule has 0 radical (unpaired) electrons. The first kappa shape index (κ1) is 16.2. The van der Waals surface area contributed by atoms with Gasteiger partial charge in [0.1, 0.15) is 0 Å². The molecule has 0 aliphatic rings. The molecule has 0 saturated heterocycles. The predicted molar refractivity (Wildman–Crippen MR) is 95.2 cm³/mol. The molecular weight excluding hydrogens is 358 g/mol. The molecule has 0 unspecified atom stereocenters. The van der Waals surface area contributed by atoms with Crippen LogP contribution in [0.15, 0.2) is 45.8 Å². The maximum absolute atomic E-state index is 12.4. The summed E-state index contributed by atoms with van der Waals surface area (Å²) in [7, 11) is 0. The van der Waals surface area contributed by atoms with Gasteiger partial charge in [-0.05, 0) is 30.3 Å². The maximum Gasteiger partial charge on any atom is 0.326 e. The standard InChI is InChI=1S/C16H13N5O4S/c22-6-5-21-11-4-3-9(8-10(11)17-16(21)24)13(23)18-15-20-19-14(26-15)12-2-1-7-25-12/h1-4,7-8,22H,5-6H2,(H,17,24)(H,18,20,23). The number of amides is 1. The van der Waals surface area contributed by atoms with E-state index in [-0.39, 0.29) is 24.7 Å². The van der Waals surface area contributed by atoms with Gasteiger partial charge in [-0.2, -0.15) is 0 Å². The van der Waals surface area contributed by atoms with Crippen LogP contribution in [-0.2, 0) is 6.54 Å². The van der Waals surface area contributed by atoms with Crippen molar-refractivity contribution in [2.24, 2.45) is 0 Å². The first-order valence-electron chi connectivity index (χ1n) is 7.68. The number of imidazole rings is 1. The summed E-state index contributed by atoms with van der Waals surface area (Å²) in [6, 6.07) is 8.34. The van der Waals surface area contributed by atoms with Crippen LogP contribution < -0.4 is 11.0 Å². The number of hydrogen-bond acceptors (Lipinski definition) is 7. The average molecular weight is 371 g/mol. The molecule has 3 heterocycles. The van der Waals surface area contributed by atoms with Crippen LogP contribution in [0.3, 0.4) is 0 Å². The van der Waals surface area contributed by atoms with Crippen LogP contribution in [0.4, 0.5) is 5.13 Å². The summed E-state index contributed by atoms with van der Waals surface area (Å²) in [5.41, 5.74) is 1.17. The van der Waals surface area contributed by atoms with E-state index in [0.717, 1.165) is 0 Å². The van der Waals surface area contributed by atoms with Crippen LogP contribution in [-0.4, -0.2) is 37.4 Å². The Bertz CT molecular complexity index is 1130. The van der Waals surface area contributed by atoms with Crippen molar-refractivity contribution in [2.75, 3.05) is 11.9 Å². The number of aliphatic hydroxyl groups is 1. The zero-order valence-corrected chi connectivity index (χ0v) is 14.1. The average Bonchev–Trinajstić information content (AvgIpc) is 3.35. The second-order valence-corrected chi connectivity index (χ2v) is 6.36. The van der Waals surface area contributed by atoms with Crippen molar-refractivity contribution in [3.63, 3.8) is 0 Å². The molecule has 1 amide bonds. The van der Waals surface area contributed by atoms with E-state index in [9.17, 15) is 9.59 Å². The molecular formula is C16H13N5O4S. The number of furan rings is 1. The fourth-order valence-electron chi connectivity index (χ4n) is 2.57. The lowest BCUT2D eigenvalue weighted by atomic mass is 10.2. The largest absolute Gasteiger partial charge is 0.462 e. The minimum absolute atomic E-state index is 0.149. The van der Waals surface area contributed by atoms with E-state index in [1.807, 2.05) is 0 Å². The van der Waals surface area contributed by atoms with E-state index in [0.29, 0.717) is 32.5 Å². The van der Waals surface area contributed by atoms with Crippen LogP contribution in [0.1, 0.15) is 10.4 Å². The first-order valence-corrected chi connectivity index (χ1v) is 8.49. The number of carbonyl (C=O) groups excluding carboxylic acids is 1. The maximum atomic E-state index is 12.4. The van der Waals surface area contributed by atoms with Crippen molar-refractivity contribution in [1.29, 1.82) is 0 Å². The van der Waals surface area contributed by atoms with Gasteiger partial charge in [0.25, 0.3) is 5.91 Å². The number of nitrogens with zero attached hydrogens (tertiary/aromatic N) is 3. The zero-order chi connectivity index (χ0) is 18.1. The van der Waals surface area contributed by atoms with Gasteiger partial charge >= 0.3 is 5.69 Å². The SMILES string of the molecule is O=C(Nc1nnc(-c2ccco2)s1)c1ccc2c(c1)[nH]c(=O)n2CCO. The molecule has 4 aromatic rings. The Labute approximate surface area is 149 Å². The van der Waals surface area contributed by atoms with E-state index in [2.05, 4.69) is 20.5 Å². The summed E-state index contributed by atoms with van der Waals surface area (Å²) < 4.78 is 6.66. The lowest BCUT2D eigenvalue weighted by Crippen LogP contribution is -2.18. The van der Waals surface area contributed by atoms with Gasteiger partial charge in [-0.25, -0.2) is 4.79 Å².